The number of halogens is 1. The number of hydrogen-bond donors (Lipinski definition) is 0. The summed E-state index contributed by atoms with van der Waals surface area (Å²) in [6.07, 6.45) is 0. The second-order valence-electron chi connectivity index (χ2n) is 7.71. The van der Waals surface area contributed by atoms with Crippen LogP contribution >= 0.6 is 11.6 Å². The molecule has 34 heavy (non-hydrogen) atoms. The smallest absolute Gasteiger partial charge is 0.337 e. The van der Waals surface area contributed by atoms with Gasteiger partial charge in [0.15, 0.2) is 5.43 Å². The van der Waals surface area contributed by atoms with Crippen molar-refractivity contribution in [2.24, 2.45) is 0 Å². The third-order valence-corrected chi connectivity index (χ3v) is 6.05. The Morgan fingerprint density at radius 2 is 1.76 bits per heavy atom. The van der Waals surface area contributed by atoms with Crippen molar-refractivity contribution < 1.29 is 23.5 Å². The fourth-order valence-electron chi connectivity index (χ4n) is 4.21. The lowest BCUT2D eigenvalue weighted by atomic mass is 9.97. The molecule has 0 saturated carbocycles. The van der Waals surface area contributed by atoms with Crippen LogP contribution in [0.15, 0.2) is 75.9 Å². The molecule has 170 valence electrons. The second-order valence-corrected chi connectivity index (χ2v) is 8.14. The van der Waals surface area contributed by atoms with E-state index < -0.39 is 17.9 Å². The average molecular weight is 476 g/mol. The fraction of sp³-hybridized carbons (Fsp3) is 0.115. The van der Waals surface area contributed by atoms with Gasteiger partial charge in [-0.3, -0.25) is 14.5 Å². The highest BCUT2D eigenvalue weighted by Gasteiger charge is 2.43. The Morgan fingerprint density at radius 3 is 2.47 bits per heavy atom. The second kappa shape index (κ2) is 8.35. The molecular formula is C26H18ClNO6. The Kier molecular flexibility index (Phi) is 5.34. The van der Waals surface area contributed by atoms with Crippen molar-refractivity contribution in [1.82, 2.24) is 0 Å². The van der Waals surface area contributed by atoms with Gasteiger partial charge >= 0.3 is 5.97 Å². The first-order valence-electron chi connectivity index (χ1n) is 10.3. The minimum Gasteiger partial charge on any atom is -0.497 e. The summed E-state index contributed by atoms with van der Waals surface area (Å²) in [5.41, 5.74) is 1.62. The zero-order chi connectivity index (χ0) is 24.0. The number of hydrogen-bond acceptors (Lipinski definition) is 6. The molecule has 4 aromatic rings. The van der Waals surface area contributed by atoms with Crippen molar-refractivity contribution in [2.45, 2.75) is 6.04 Å². The Bertz CT molecular complexity index is 1510. The van der Waals surface area contributed by atoms with Crippen LogP contribution in [0.3, 0.4) is 0 Å². The molecule has 5 rings (SSSR count). The van der Waals surface area contributed by atoms with E-state index in [2.05, 4.69) is 0 Å². The van der Waals surface area contributed by atoms with Crippen molar-refractivity contribution in [3.8, 4) is 5.75 Å². The van der Waals surface area contributed by atoms with Crippen LogP contribution in [0, 0.1) is 0 Å². The molecule has 1 aromatic heterocycles. The minimum absolute atomic E-state index is 0.0373. The van der Waals surface area contributed by atoms with Gasteiger partial charge in [-0.25, -0.2) is 4.79 Å². The monoisotopic (exact) mass is 475 g/mol. The SMILES string of the molecule is COC(=O)c1ccc(C2c3c(oc4ccc(Cl)cc4c3=O)C(=O)N2c2cccc(OC)c2)cc1. The molecule has 1 aliphatic rings. The van der Waals surface area contributed by atoms with Crippen LogP contribution < -0.4 is 15.1 Å². The highest BCUT2D eigenvalue weighted by molar-refractivity contribution is 6.31. The zero-order valence-electron chi connectivity index (χ0n) is 18.2. The number of methoxy groups -OCH3 is 2. The van der Waals surface area contributed by atoms with Crippen LogP contribution in [0.5, 0.6) is 5.75 Å². The number of amides is 1. The van der Waals surface area contributed by atoms with Gasteiger partial charge in [0.05, 0.1) is 36.8 Å². The maximum Gasteiger partial charge on any atom is 0.337 e. The highest BCUT2D eigenvalue weighted by Crippen LogP contribution is 2.42. The van der Waals surface area contributed by atoms with Gasteiger partial charge in [0.25, 0.3) is 5.91 Å². The van der Waals surface area contributed by atoms with Crippen molar-refractivity contribution in [2.75, 3.05) is 19.1 Å². The normalized spacial score (nSPS) is 14.9. The summed E-state index contributed by atoms with van der Waals surface area (Å²) in [5, 5.41) is 0.662. The quantitative estimate of drug-likeness (QED) is 0.386. The molecule has 1 unspecified atom stereocenters. The molecule has 0 saturated heterocycles. The van der Waals surface area contributed by atoms with Gasteiger partial charge in [-0.15, -0.1) is 0 Å². The summed E-state index contributed by atoms with van der Waals surface area (Å²) < 4.78 is 16.0. The number of anilines is 1. The number of esters is 1. The molecule has 1 amide bonds. The Labute approximate surface area is 199 Å². The number of fused-ring (bicyclic) bond motifs is 2. The van der Waals surface area contributed by atoms with Gasteiger partial charge in [0, 0.05) is 16.8 Å². The summed E-state index contributed by atoms with van der Waals surface area (Å²) in [4.78, 5) is 40.6. The van der Waals surface area contributed by atoms with Crippen LogP contribution in [0.25, 0.3) is 11.0 Å². The lowest BCUT2D eigenvalue weighted by molar-refractivity contribution is 0.0600. The van der Waals surface area contributed by atoms with E-state index in [0.717, 1.165) is 0 Å². The van der Waals surface area contributed by atoms with Crippen molar-refractivity contribution >= 4 is 40.1 Å². The van der Waals surface area contributed by atoms with E-state index in [1.807, 2.05) is 0 Å². The van der Waals surface area contributed by atoms with Gasteiger partial charge in [0.1, 0.15) is 11.3 Å². The molecule has 8 heteroatoms. The third kappa shape index (κ3) is 3.41. The summed E-state index contributed by atoms with van der Waals surface area (Å²) in [6.45, 7) is 0. The van der Waals surface area contributed by atoms with E-state index >= 15 is 0 Å². The molecule has 2 heterocycles. The first-order chi connectivity index (χ1) is 16.4. The molecule has 0 fully saturated rings. The van der Waals surface area contributed by atoms with E-state index in [0.29, 0.717) is 27.6 Å². The Balaban J connectivity index is 1.76. The summed E-state index contributed by atoms with van der Waals surface area (Å²) in [5.74, 6) is -0.430. The predicted octanol–water partition coefficient (Wildman–Crippen LogP) is 4.99. The van der Waals surface area contributed by atoms with Gasteiger partial charge in [0.2, 0.25) is 5.76 Å². The maximum atomic E-state index is 13.6. The van der Waals surface area contributed by atoms with Gasteiger partial charge < -0.3 is 13.9 Å². The Morgan fingerprint density at radius 1 is 1.00 bits per heavy atom. The molecule has 0 bridgehead atoms. The predicted molar refractivity (Wildman–Crippen MR) is 127 cm³/mol. The molecule has 3 aromatic carbocycles. The summed E-state index contributed by atoms with van der Waals surface area (Å²) in [6, 6.07) is 17.4. The summed E-state index contributed by atoms with van der Waals surface area (Å²) >= 11 is 6.13. The number of nitrogens with zero attached hydrogens (tertiary/aromatic N) is 1. The van der Waals surface area contributed by atoms with Crippen molar-refractivity contribution in [3.05, 3.63) is 104 Å². The van der Waals surface area contributed by atoms with Gasteiger partial charge in [-0.2, -0.15) is 0 Å². The molecule has 1 atom stereocenters. The molecule has 0 spiro atoms. The topological polar surface area (TPSA) is 86.0 Å². The van der Waals surface area contributed by atoms with Gasteiger partial charge in [-0.05, 0) is 48.0 Å². The first kappa shape index (κ1) is 21.7. The van der Waals surface area contributed by atoms with Crippen LogP contribution in [0.2, 0.25) is 5.02 Å². The third-order valence-electron chi connectivity index (χ3n) is 5.81. The minimum atomic E-state index is -0.791. The molecule has 0 radical (unpaired) electrons. The van der Waals surface area contributed by atoms with Crippen LogP contribution in [-0.2, 0) is 4.74 Å². The standard InChI is InChI=1S/C26H18ClNO6/c1-32-18-5-3-4-17(13-18)28-22(14-6-8-15(9-7-14)26(31)33-2)21-23(29)19-12-16(27)10-11-20(19)34-24(21)25(28)30/h3-13,22H,1-2H3. The first-order valence-corrected chi connectivity index (χ1v) is 10.7. The van der Waals surface area contributed by atoms with Crippen LogP contribution in [-0.4, -0.2) is 26.1 Å². The highest BCUT2D eigenvalue weighted by atomic mass is 35.5. The van der Waals surface area contributed by atoms with E-state index in [4.69, 9.17) is 25.5 Å². The molecular weight excluding hydrogens is 458 g/mol. The van der Waals surface area contributed by atoms with Crippen LogP contribution in [0.4, 0.5) is 5.69 Å². The van der Waals surface area contributed by atoms with E-state index in [1.54, 1.807) is 60.7 Å². The maximum absolute atomic E-state index is 13.6. The number of ether oxygens (including phenoxy) is 2. The molecule has 0 aliphatic carbocycles. The lowest BCUT2D eigenvalue weighted by Gasteiger charge is -2.25. The largest absolute Gasteiger partial charge is 0.497 e. The number of rotatable bonds is 4. The average Bonchev–Trinajstić information content (AvgIpc) is 3.16. The van der Waals surface area contributed by atoms with E-state index in [1.165, 1.54) is 25.2 Å². The van der Waals surface area contributed by atoms with Crippen LogP contribution in [0.1, 0.15) is 38.1 Å². The van der Waals surface area contributed by atoms with Crippen molar-refractivity contribution in [3.63, 3.8) is 0 Å². The number of benzene rings is 3. The zero-order valence-corrected chi connectivity index (χ0v) is 19.0. The number of carbonyl (C=O) groups excluding carboxylic acids is 2. The molecule has 0 N–H and O–H groups in total. The van der Waals surface area contributed by atoms with E-state index in [-0.39, 0.29) is 27.7 Å². The van der Waals surface area contributed by atoms with E-state index in [9.17, 15) is 14.4 Å². The Hall–Kier alpha value is -4.10. The number of carbonyl (C=O) groups is 2. The molecule has 1 aliphatic heterocycles. The fourth-order valence-corrected chi connectivity index (χ4v) is 4.38. The van der Waals surface area contributed by atoms with Crippen molar-refractivity contribution in [1.29, 1.82) is 0 Å². The molecule has 7 nitrogen and oxygen atoms in total. The summed E-state index contributed by atoms with van der Waals surface area (Å²) in [7, 11) is 2.83. The van der Waals surface area contributed by atoms with Gasteiger partial charge in [-0.1, -0.05) is 29.8 Å². The lowest BCUT2D eigenvalue weighted by Crippen LogP contribution is -2.29.